The molecule has 0 fully saturated rings. The molecule has 184 valence electrons. The second-order valence-corrected chi connectivity index (χ2v) is 10.1. The Morgan fingerprint density at radius 1 is 0.914 bits per heavy atom. The van der Waals surface area contributed by atoms with Crippen LogP contribution >= 0.6 is 23.2 Å². The summed E-state index contributed by atoms with van der Waals surface area (Å²) in [5.41, 5.74) is 3.74. The van der Waals surface area contributed by atoms with Gasteiger partial charge in [0.25, 0.3) is 0 Å². The van der Waals surface area contributed by atoms with Crippen LogP contribution in [0.2, 0.25) is 10.0 Å². The largest absolute Gasteiger partial charge is 0.354 e. The summed E-state index contributed by atoms with van der Waals surface area (Å²) in [4.78, 5) is 28.8. The normalized spacial score (nSPS) is 11.8. The molecule has 1 atom stereocenters. The van der Waals surface area contributed by atoms with Crippen LogP contribution in [0.1, 0.15) is 36.1 Å². The third-order valence-electron chi connectivity index (χ3n) is 5.79. The molecule has 0 radical (unpaired) electrons. The second kappa shape index (κ2) is 12.8. The van der Waals surface area contributed by atoms with E-state index in [9.17, 15) is 9.59 Å². The molecule has 0 bridgehead atoms. The van der Waals surface area contributed by atoms with Crippen LogP contribution < -0.4 is 5.32 Å². The van der Waals surface area contributed by atoms with E-state index in [1.165, 1.54) is 0 Å². The van der Waals surface area contributed by atoms with Crippen molar-refractivity contribution in [1.29, 1.82) is 0 Å². The van der Waals surface area contributed by atoms with Crippen LogP contribution in [0.3, 0.4) is 0 Å². The summed E-state index contributed by atoms with van der Waals surface area (Å²) in [5.74, 6) is -0.0239. The number of carbonyl (C=O) groups excluding carboxylic acids is 2. The molecule has 2 amide bonds. The molecule has 0 saturated heterocycles. The van der Waals surface area contributed by atoms with E-state index < -0.39 is 6.04 Å². The van der Waals surface area contributed by atoms with Gasteiger partial charge in [0.05, 0.1) is 6.42 Å². The van der Waals surface area contributed by atoms with Crippen molar-refractivity contribution in [2.24, 2.45) is 5.92 Å². The van der Waals surface area contributed by atoms with Gasteiger partial charge in [-0.2, -0.15) is 0 Å². The maximum Gasteiger partial charge on any atom is 0.243 e. The lowest BCUT2D eigenvalue weighted by Gasteiger charge is -2.32. The maximum absolute atomic E-state index is 13.7. The third-order valence-corrected chi connectivity index (χ3v) is 6.37. The zero-order valence-corrected chi connectivity index (χ0v) is 21.9. The number of nitrogens with one attached hydrogen (secondary N) is 1. The minimum Gasteiger partial charge on any atom is -0.354 e. The van der Waals surface area contributed by atoms with Crippen molar-refractivity contribution in [2.45, 2.75) is 46.2 Å². The van der Waals surface area contributed by atoms with E-state index in [-0.39, 0.29) is 24.8 Å². The molecule has 1 N–H and O–H groups in total. The van der Waals surface area contributed by atoms with Crippen molar-refractivity contribution in [1.82, 2.24) is 10.2 Å². The first-order valence-electron chi connectivity index (χ1n) is 11.8. The van der Waals surface area contributed by atoms with Crippen LogP contribution in [0.5, 0.6) is 0 Å². The van der Waals surface area contributed by atoms with E-state index in [0.29, 0.717) is 28.9 Å². The number of nitrogens with zero attached hydrogens (tertiary/aromatic N) is 1. The maximum atomic E-state index is 13.7. The summed E-state index contributed by atoms with van der Waals surface area (Å²) in [5, 5.41) is 4.02. The fourth-order valence-corrected chi connectivity index (χ4v) is 4.26. The number of rotatable bonds is 10. The highest BCUT2D eigenvalue weighted by Crippen LogP contribution is 2.24. The van der Waals surface area contributed by atoms with Crippen LogP contribution in [0.4, 0.5) is 0 Å². The summed E-state index contributed by atoms with van der Waals surface area (Å²) >= 11 is 12.6. The van der Waals surface area contributed by atoms with Gasteiger partial charge in [-0.3, -0.25) is 9.59 Å². The first-order chi connectivity index (χ1) is 16.7. The van der Waals surface area contributed by atoms with E-state index in [1.54, 1.807) is 17.0 Å². The number of halogens is 2. The van der Waals surface area contributed by atoms with Gasteiger partial charge in [-0.05, 0) is 41.7 Å². The Kier molecular flexibility index (Phi) is 9.76. The zero-order chi connectivity index (χ0) is 25.4. The third kappa shape index (κ3) is 8.12. The summed E-state index contributed by atoms with van der Waals surface area (Å²) in [7, 11) is 0. The molecule has 0 heterocycles. The molecule has 0 aliphatic heterocycles. The number of hydrogen-bond donors (Lipinski definition) is 1. The van der Waals surface area contributed by atoms with Gasteiger partial charge in [-0.1, -0.05) is 103 Å². The Morgan fingerprint density at radius 2 is 1.60 bits per heavy atom. The van der Waals surface area contributed by atoms with Crippen molar-refractivity contribution in [2.75, 3.05) is 6.54 Å². The van der Waals surface area contributed by atoms with Crippen LogP contribution in [0.25, 0.3) is 0 Å². The zero-order valence-electron chi connectivity index (χ0n) is 20.4. The topological polar surface area (TPSA) is 49.4 Å². The molecule has 4 nitrogen and oxygen atoms in total. The Hall–Kier alpha value is -2.82. The summed E-state index contributed by atoms with van der Waals surface area (Å²) < 4.78 is 0. The number of hydrogen-bond acceptors (Lipinski definition) is 2. The van der Waals surface area contributed by atoms with Crippen molar-refractivity contribution < 1.29 is 9.59 Å². The number of carbonyl (C=O) groups is 2. The summed E-state index contributed by atoms with van der Waals surface area (Å²) in [6, 6.07) is 22.1. The monoisotopic (exact) mass is 510 g/mol. The van der Waals surface area contributed by atoms with Crippen molar-refractivity contribution in [3.8, 4) is 0 Å². The van der Waals surface area contributed by atoms with Crippen molar-refractivity contribution in [3.63, 3.8) is 0 Å². The van der Waals surface area contributed by atoms with Gasteiger partial charge < -0.3 is 10.2 Å². The molecule has 0 aliphatic rings. The fraction of sp³-hybridized carbons (Fsp3) is 0.310. The Bertz CT molecular complexity index is 1130. The second-order valence-electron chi connectivity index (χ2n) is 9.26. The fourth-order valence-electron chi connectivity index (χ4n) is 3.79. The molecule has 6 heteroatoms. The lowest BCUT2D eigenvalue weighted by molar-refractivity contribution is -0.140. The van der Waals surface area contributed by atoms with Crippen LogP contribution in [-0.4, -0.2) is 29.3 Å². The average molecular weight is 511 g/mol. The van der Waals surface area contributed by atoms with Gasteiger partial charge >= 0.3 is 0 Å². The minimum atomic E-state index is -0.694. The van der Waals surface area contributed by atoms with Crippen molar-refractivity contribution in [3.05, 3.63) is 105 Å². The SMILES string of the molecule is Cc1ccc(CC(=O)N(Cc2ccc(Cl)cc2Cl)[C@@H](Cc2ccccc2)C(=O)NCC(C)C)cc1. The smallest absolute Gasteiger partial charge is 0.243 e. The van der Waals surface area contributed by atoms with Gasteiger partial charge in [0, 0.05) is 29.6 Å². The molecule has 0 aliphatic carbocycles. The Morgan fingerprint density at radius 3 is 2.23 bits per heavy atom. The Balaban J connectivity index is 1.97. The molecular formula is C29H32Cl2N2O2. The van der Waals surface area contributed by atoms with Crippen LogP contribution in [0.15, 0.2) is 72.8 Å². The lowest BCUT2D eigenvalue weighted by Crippen LogP contribution is -2.51. The van der Waals surface area contributed by atoms with E-state index >= 15 is 0 Å². The van der Waals surface area contributed by atoms with Gasteiger partial charge in [-0.25, -0.2) is 0 Å². The lowest BCUT2D eigenvalue weighted by atomic mass is 10.0. The molecule has 3 rings (SSSR count). The molecule has 0 spiro atoms. The molecule has 35 heavy (non-hydrogen) atoms. The number of amides is 2. The molecule has 0 aromatic heterocycles. The van der Waals surface area contributed by atoms with Crippen molar-refractivity contribution >= 4 is 35.0 Å². The summed E-state index contributed by atoms with van der Waals surface area (Å²) in [6.07, 6.45) is 0.587. The van der Waals surface area contributed by atoms with E-state index in [0.717, 1.165) is 22.3 Å². The average Bonchev–Trinajstić information content (AvgIpc) is 2.83. The highest BCUT2D eigenvalue weighted by molar-refractivity contribution is 6.35. The van der Waals surface area contributed by atoms with Gasteiger partial charge in [0.15, 0.2) is 0 Å². The molecular weight excluding hydrogens is 479 g/mol. The highest BCUT2D eigenvalue weighted by atomic mass is 35.5. The van der Waals surface area contributed by atoms with Crippen LogP contribution in [0, 0.1) is 12.8 Å². The first kappa shape index (κ1) is 26.8. The highest BCUT2D eigenvalue weighted by Gasteiger charge is 2.31. The number of benzene rings is 3. The van der Waals surface area contributed by atoms with Gasteiger partial charge in [0.1, 0.15) is 6.04 Å². The molecule has 0 unspecified atom stereocenters. The standard InChI is InChI=1S/C29H32Cl2N2O2/c1-20(2)18-32-29(35)27(15-22-7-5-4-6-8-22)33(19-24-13-14-25(30)17-26(24)31)28(34)16-23-11-9-21(3)10-12-23/h4-14,17,20,27H,15-16,18-19H2,1-3H3,(H,32,35)/t27-/m0/s1. The van der Waals surface area contributed by atoms with Gasteiger partial charge in [-0.15, -0.1) is 0 Å². The number of aryl methyl sites for hydroxylation is 1. The predicted molar refractivity (Wildman–Crippen MR) is 144 cm³/mol. The predicted octanol–water partition coefficient (Wildman–Crippen LogP) is 6.26. The molecule has 3 aromatic carbocycles. The van der Waals surface area contributed by atoms with Gasteiger partial charge in [0.2, 0.25) is 11.8 Å². The first-order valence-corrected chi connectivity index (χ1v) is 12.6. The van der Waals surface area contributed by atoms with E-state index in [2.05, 4.69) is 5.32 Å². The Labute approximate surface area is 218 Å². The van der Waals surface area contributed by atoms with E-state index in [4.69, 9.17) is 23.2 Å². The van der Waals surface area contributed by atoms with E-state index in [1.807, 2.05) is 81.4 Å². The molecule has 3 aromatic rings. The quantitative estimate of drug-likeness (QED) is 0.350. The molecule has 0 saturated carbocycles. The minimum absolute atomic E-state index is 0.138. The van der Waals surface area contributed by atoms with Crippen LogP contribution in [-0.2, 0) is 29.0 Å². The summed E-state index contributed by atoms with van der Waals surface area (Å²) in [6.45, 7) is 6.83.